The third kappa shape index (κ3) is 2.62. The van der Waals surface area contributed by atoms with Gasteiger partial charge in [0, 0.05) is 6.54 Å². The van der Waals surface area contributed by atoms with Crippen LogP contribution in [0.3, 0.4) is 0 Å². The summed E-state index contributed by atoms with van der Waals surface area (Å²) in [6.45, 7) is 4.99. The quantitative estimate of drug-likeness (QED) is 0.876. The smallest absolute Gasteiger partial charge is 0.125 e. The lowest BCUT2D eigenvalue weighted by Crippen LogP contribution is -2.56. The number of rotatable bonds is 4. The van der Waals surface area contributed by atoms with Crippen molar-refractivity contribution in [3.05, 3.63) is 29.0 Å². The van der Waals surface area contributed by atoms with Gasteiger partial charge < -0.3 is 11.1 Å². The first kappa shape index (κ1) is 13.6. The third-order valence-corrected chi connectivity index (χ3v) is 4.30. The molecule has 1 aliphatic rings. The maximum absolute atomic E-state index is 13.2. The van der Waals surface area contributed by atoms with Gasteiger partial charge in [0.05, 0.1) is 16.2 Å². The molecule has 3 N–H and O–H groups in total. The Bertz CT molecular complexity index is 428. The lowest BCUT2D eigenvalue weighted by molar-refractivity contribution is 0.130. The Labute approximate surface area is 113 Å². The first-order valence-electron chi connectivity index (χ1n) is 6.39. The molecule has 4 heteroatoms. The molecule has 0 saturated heterocycles. The minimum absolute atomic E-state index is 0.119. The van der Waals surface area contributed by atoms with Crippen LogP contribution in [0.4, 0.5) is 10.1 Å². The molecule has 0 amide bonds. The molecule has 0 heterocycles. The van der Waals surface area contributed by atoms with E-state index in [4.69, 9.17) is 17.3 Å². The van der Waals surface area contributed by atoms with Gasteiger partial charge in [-0.05, 0) is 42.9 Å². The fourth-order valence-corrected chi connectivity index (χ4v) is 2.78. The Balaban J connectivity index is 2.10. The normalized spacial score (nSPS) is 27.1. The van der Waals surface area contributed by atoms with E-state index in [2.05, 4.69) is 19.2 Å². The van der Waals surface area contributed by atoms with Crippen LogP contribution < -0.4 is 11.1 Å². The number of benzene rings is 1. The van der Waals surface area contributed by atoms with Crippen molar-refractivity contribution >= 4 is 17.3 Å². The second kappa shape index (κ2) is 5.06. The summed E-state index contributed by atoms with van der Waals surface area (Å²) in [5.41, 5.74) is 6.39. The zero-order valence-corrected chi connectivity index (χ0v) is 11.6. The maximum atomic E-state index is 13.2. The molecule has 0 aliphatic heterocycles. The van der Waals surface area contributed by atoms with Gasteiger partial charge in [-0.2, -0.15) is 0 Å². The zero-order valence-electron chi connectivity index (χ0n) is 10.8. The maximum Gasteiger partial charge on any atom is 0.125 e. The minimum Gasteiger partial charge on any atom is -0.377 e. The van der Waals surface area contributed by atoms with Crippen molar-refractivity contribution in [1.29, 1.82) is 0 Å². The second-order valence-electron chi connectivity index (χ2n) is 5.65. The molecule has 2 nitrogen and oxygen atoms in total. The van der Waals surface area contributed by atoms with E-state index in [1.807, 2.05) is 0 Å². The van der Waals surface area contributed by atoms with Gasteiger partial charge in [-0.3, -0.25) is 0 Å². The Morgan fingerprint density at radius 3 is 2.72 bits per heavy atom. The van der Waals surface area contributed by atoms with E-state index in [-0.39, 0.29) is 11.4 Å². The molecule has 0 radical (unpaired) electrons. The van der Waals surface area contributed by atoms with Crippen molar-refractivity contribution in [2.24, 2.45) is 17.6 Å². The van der Waals surface area contributed by atoms with E-state index < -0.39 is 0 Å². The largest absolute Gasteiger partial charge is 0.377 e. The zero-order chi connectivity index (χ0) is 13.3. The highest BCUT2D eigenvalue weighted by atomic mass is 35.5. The van der Waals surface area contributed by atoms with Crippen molar-refractivity contribution < 1.29 is 4.39 Å². The molecule has 1 aliphatic carbocycles. The van der Waals surface area contributed by atoms with Gasteiger partial charge in [-0.1, -0.05) is 25.4 Å². The summed E-state index contributed by atoms with van der Waals surface area (Å²) >= 11 is 6.07. The summed E-state index contributed by atoms with van der Waals surface area (Å²) < 4.78 is 13.2. The third-order valence-electron chi connectivity index (χ3n) is 3.97. The number of nitrogens with two attached hydrogens (primary N) is 1. The molecule has 18 heavy (non-hydrogen) atoms. The molecule has 100 valence electrons. The van der Waals surface area contributed by atoms with E-state index in [9.17, 15) is 4.39 Å². The Hall–Kier alpha value is -0.800. The summed E-state index contributed by atoms with van der Waals surface area (Å²) in [5, 5.41) is 3.88. The Morgan fingerprint density at radius 2 is 2.17 bits per heavy atom. The highest BCUT2D eigenvalue weighted by molar-refractivity contribution is 6.33. The first-order chi connectivity index (χ1) is 8.46. The van der Waals surface area contributed by atoms with Crippen molar-refractivity contribution in [3.63, 3.8) is 0 Å². The molecule has 0 unspecified atom stereocenters. The topological polar surface area (TPSA) is 38.0 Å². The van der Waals surface area contributed by atoms with Gasteiger partial charge >= 0.3 is 0 Å². The van der Waals surface area contributed by atoms with E-state index in [1.165, 1.54) is 12.1 Å². The Kier molecular flexibility index (Phi) is 3.83. The number of hydrogen-bond donors (Lipinski definition) is 2. The molecule has 0 atom stereocenters. The molecule has 0 aromatic heterocycles. The molecule has 0 bridgehead atoms. The summed E-state index contributed by atoms with van der Waals surface area (Å²) in [4.78, 5) is 0. The molecule has 2 rings (SSSR count). The van der Waals surface area contributed by atoms with Crippen LogP contribution in [0, 0.1) is 17.7 Å². The fourth-order valence-electron chi connectivity index (χ4n) is 2.61. The van der Waals surface area contributed by atoms with Gasteiger partial charge in [-0.25, -0.2) is 4.39 Å². The van der Waals surface area contributed by atoms with Gasteiger partial charge in [0.15, 0.2) is 0 Å². The van der Waals surface area contributed by atoms with Crippen LogP contribution in [-0.2, 0) is 0 Å². The summed E-state index contributed by atoms with van der Waals surface area (Å²) in [6.07, 6.45) is 2.04. The lowest BCUT2D eigenvalue weighted by atomic mass is 9.64. The summed E-state index contributed by atoms with van der Waals surface area (Å²) in [6, 6.07) is 4.37. The van der Waals surface area contributed by atoms with Crippen LogP contribution >= 0.6 is 11.6 Å². The van der Waals surface area contributed by atoms with E-state index in [1.54, 1.807) is 6.07 Å². The highest BCUT2D eigenvalue weighted by Crippen LogP contribution is 2.44. The van der Waals surface area contributed by atoms with Crippen LogP contribution in [0.2, 0.25) is 5.02 Å². The molecular formula is C14H20ClFN2. The monoisotopic (exact) mass is 270 g/mol. The molecule has 0 spiro atoms. The molecule has 1 saturated carbocycles. The van der Waals surface area contributed by atoms with E-state index >= 15 is 0 Å². The van der Waals surface area contributed by atoms with E-state index in [0.717, 1.165) is 12.8 Å². The molecular weight excluding hydrogens is 251 g/mol. The summed E-state index contributed by atoms with van der Waals surface area (Å²) in [7, 11) is 0. The van der Waals surface area contributed by atoms with Gasteiger partial charge in [0.2, 0.25) is 0 Å². The number of nitrogens with one attached hydrogen (secondary N) is 1. The van der Waals surface area contributed by atoms with Crippen LogP contribution in [0.25, 0.3) is 0 Å². The van der Waals surface area contributed by atoms with Gasteiger partial charge in [-0.15, -0.1) is 0 Å². The van der Waals surface area contributed by atoms with Crippen molar-refractivity contribution in [1.82, 2.24) is 0 Å². The molecule has 1 fully saturated rings. The lowest BCUT2D eigenvalue weighted by Gasteiger charge is -2.50. The van der Waals surface area contributed by atoms with Crippen LogP contribution in [0.1, 0.15) is 26.7 Å². The van der Waals surface area contributed by atoms with E-state index in [0.29, 0.717) is 29.1 Å². The van der Waals surface area contributed by atoms with Gasteiger partial charge in [0.1, 0.15) is 5.82 Å². The average molecular weight is 271 g/mol. The highest BCUT2D eigenvalue weighted by Gasteiger charge is 2.44. The number of hydrogen-bond acceptors (Lipinski definition) is 2. The second-order valence-corrected chi connectivity index (χ2v) is 6.05. The minimum atomic E-state index is -0.284. The Morgan fingerprint density at radius 1 is 1.50 bits per heavy atom. The molecule has 1 aromatic carbocycles. The van der Waals surface area contributed by atoms with Crippen LogP contribution in [-0.4, -0.2) is 12.1 Å². The SMILES string of the molecule is CC(C)C1CC(CN)(Nc2cc(F)ccc2Cl)C1. The van der Waals surface area contributed by atoms with Crippen molar-refractivity contribution in [3.8, 4) is 0 Å². The summed E-state index contributed by atoms with van der Waals surface area (Å²) in [5.74, 6) is 1.07. The van der Waals surface area contributed by atoms with Crippen molar-refractivity contribution in [2.75, 3.05) is 11.9 Å². The number of anilines is 1. The predicted octanol–water partition coefficient (Wildman–Crippen LogP) is 3.65. The number of halogens is 2. The predicted molar refractivity (Wildman–Crippen MR) is 74.4 cm³/mol. The average Bonchev–Trinajstić information content (AvgIpc) is 2.27. The van der Waals surface area contributed by atoms with Crippen LogP contribution in [0.5, 0.6) is 0 Å². The van der Waals surface area contributed by atoms with Crippen LogP contribution in [0.15, 0.2) is 18.2 Å². The first-order valence-corrected chi connectivity index (χ1v) is 6.77. The van der Waals surface area contributed by atoms with Gasteiger partial charge in [0.25, 0.3) is 0 Å². The van der Waals surface area contributed by atoms with Crippen molar-refractivity contribution in [2.45, 2.75) is 32.2 Å². The fraction of sp³-hybridized carbons (Fsp3) is 0.571. The standard InChI is InChI=1S/C14H20ClFN2/c1-9(2)10-6-14(7-10,8-17)18-13-5-11(16)3-4-12(13)15/h3-5,9-10,18H,6-8,17H2,1-2H3. The molecule has 1 aromatic rings.